The van der Waals surface area contributed by atoms with Crippen LogP contribution >= 0.6 is 37.0 Å². The van der Waals surface area contributed by atoms with Crippen molar-refractivity contribution in [2.45, 2.75) is 55.9 Å². The summed E-state index contributed by atoms with van der Waals surface area (Å²) in [6.07, 6.45) is 1.59. The third-order valence-electron chi connectivity index (χ3n) is 5.71. The van der Waals surface area contributed by atoms with Crippen LogP contribution in [-0.4, -0.2) is 13.6 Å². The van der Waals surface area contributed by atoms with Gasteiger partial charge in [-0.1, -0.05) is 24.0 Å². The lowest BCUT2D eigenvalue weighted by Gasteiger charge is -2.32. The van der Waals surface area contributed by atoms with Gasteiger partial charge in [0.25, 0.3) is 0 Å². The second-order valence-corrected chi connectivity index (χ2v) is 9.76. The lowest BCUT2D eigenvalue weighted by molar-refractivity contribution is 0.601. The van der Waals surface area contributed by atoms with Crippen LogP contribution in [0.1, 0.15) is 63.3 Å². The third kappa shape index (κ3) is 3.25. The maximum Gasteiger partial charge on any atom is 0.141 e. The molecule has 2 bridgehead atoms. The molecule has 0 N–H and O–H groups in total. The van der Waals surface area contributed by atoms with Crippen molar-refractivity contribution in [3.05, 3.63) is 56.9 Å². The van der Waals surface area contributed by atoms with Crippen LogP contribution in [0.5, 0.6) is 0 Å². The zero-order valence-electron chi connectivity index (χ0n) is 16.1. The van der Waals surface area contributed by atoms with Crippen LogP contribution in [0, 0.1) is 19.7 Å². The Morgan fingerprint density at radius 2 is 1.88 bits per heavy atom. The molecule has 0 heterocycles. The molecule has 0 aliphatic heterocycles. The van der Waals surface area contributed by atoms with E-state index in [1.807, 2.05) is 17.8 Å². The predicted octanol–water partition coefficient (Wildman–Crippen LogP) is 4.92. The molecule has 0 saturated heterocycles. The van der Waals surface area contributed by atoms with Crippen LogP contribution < -0.4 is 5.46 Å². The van der Waals surface area contributed by atoms with E-state index in [1.54, 1.807) is 6.07 Å². The first-order valence-electron chi connectivity index (χ1n) is 9.21. The quantitative estimate of drug-likeness (QED) is 0.541. The maximum absolute atomic E-state index is 14.7. The number of thioether (sulfide) groups is 1. The molecule has 0 aromatic heterocycles. The fourth-order valence-corrected chi connectivity index (χ4v) is 6.09. The van der Waals surface area contributed by atoms with Crippen molar-refractivity contribution in [2.75, 3.05) is 5.75 Å². The van der Waals surface area contributed by atoms with Gasteiger partial charge in [-0.15, -0.1) is 24.4 Å². The summed E-state index contributed by atoms with van der Waals surface area (Å²) in [5, 5.41) is 0.212. The highest BCUT2D eigenvalue weighted by atomic mass is 32.2. The SMILES string of the molecule is Bc1c(C)c2c(c(C)c1S)C(SCC)c1ccc(F)c(c1C(C)S)CC2. The van der Waals surface area contributed by atoms with Crippen molar-refractivity contribution in [1.82, 2.24) is 0 Å². The van der Waals surface area contributed by atoms with Gasteiger partial charge < -0.3 is 0 Å². The van der Waals surface area contributed by atoms with Gasteiger partial charge in [-0.25, -0.2) is 4.39 Å². The first kappa shape index (κ1) is 20.2. The Labute approximate surface area is 173 Å². The minimum absolute atomic E-state index is 0.0135. The largest absolute Gasteiger partial charge is 0.207 e. The standard InChI is InChI=1S/C21H26BFS3/c1-5-26-21-15-8-9-16(23)14(18(15)12(4)24)7-6-13-10(2)19(22)20(25)11(3)17(13)21/h8-9,12,21,24-25H,5-7,22H2,1-4H3. The lowest BCUT2D eigenvalue weighted by Crippen LogP contribution is -2.22. The van der Waals surface area contributed by atoms with Gasteiger partial charge in [0.15, 0.2) is 0 Å². The van der Waals surface area contributed by atoms with Gasteiger partial charge in [0, 0.05) is 10.1 Å². The topological polar surface area (TPSA) is 0 Å². The van der Waals surface area contributed by atoms with Crippen molar-refractivity contribution in [3.63, 3.8) is 0 Å². The number of hydrogen-bond donors (Lipinski definition) is 2. The Kier molecular flexibility index (Phi) is 6.10. The van der Waals surface area contributed by atoms with Gasteiger partial charge in [-0.2, -0.15) is 12.6 Å². The molecule has 2 unspecified atom stereocenters. The summed E-state index contributed by atoms with van der Waals surface area (Å²) in [6.45, 7) is 8.62. The van der Waals surface area contributed by atoms with Crippen molar-refractivity contribution in [2.24, 2.45) is 0 Å². The molecule has 0 amide bonds. The van der Waals surface area contributed by atoms with E-state index >= 15 is 0 Å². The summed E-state index contributed by atoms with van der Waals surface area (Å²) in [5.74, 6) is 0.913. The van der Waals surface area contributed by atoms with E-state index in [9.17, 15) is 4.39 Å². The number of hydrogen-bond acceptors (Lipinski definition) is 3. The highest BCUT2D eigenvalue weighted by Gasteiger charge is 2.30. The van der Waals surface area contributed by atoms with Gasteiger partial charge in [-0.3, -0.25) is 0 Å². The van der Waals surface area contributed by atoms with Gasteiger partial charge in [0.2, 0.25) is 0 Å². The Hall–Kier alpha value is -0.515. The Morgan fingerprint density at radius 3 is 2.50 bits per heavy atom. The van der Waals surface area contributed by atoms with E-state index in [2.05, 4.69) is 35.5 Å². The number of halogens is 1. The molecule has 3 rings (SSSR count). The molecule has 0 fully saturated rings. The first-order chi connectivity index (χ1) is 12.3. The summed E-state index contributed by atoms with van der Waals surface area (Å²) < 4.78 is 14.7. The second kappa shape index (κ2) is 7.85. The fraction of sp³-hybridized carbons (Fsp3) is 0.429. The summed E-state index contributed by atoms with van der Waals surface area (Å²) in [5.41, 5.74) is 9.75. The van der Waals surface area contributed by atoms with E-state index in [1.165, 1.54) is 33.3 Å². The zero-order valence-corrected chi connectivity index (χ0v) is 18.7. The molecule has 2 aromatic rings. The first-order valence-corrected chi connectivity index (χ1v) is 11.2. The zero-order chi connectivity index (χ0) is 19.2. The molecular weight excluding hydrogens is 378 g/mol. The normalized spacial score (nSPS) is 17.4. The van der Waals surface area contributed by atoms with Gasteiger partial charge in [-0.05, 0) is 78.8 Å². The summed E-state index contributed by atoms with van der Waals surface area (Å²) in [6, 6.07) is 3.63. The molecule has 26 heavy (non-hydrogen) atoms. The van der Waals surface area contributed by atoms with Gasteiger partial charge >= 0.3 is 0 Å². The molecule has 2 atom stereocenters. The van der Waals surface area contributed by atoms with Crippen LogP contribution in [0.25, 0.3) is 0 Å². The minimum Gasteiger partial charge on any atom is -0.207 e. The van der Waals surface area contributed by atoms with E-state index in [0.29, 0.717) is 0 Å². The average molecular weight is 404 g/mol. The highest BCUT2D eigenvalue weighted by Crippen LogP contribution is 2.47. The summed E-state index contributed by atoms with van der Waals surface area (Å²) in [4.78, 5) is 1.09. The molecule has 0 radical (unpaired) electrons. The van der Waals surface area contributed by atoms with Gasteiger partial charge in [0.05, 0.1) is 5.25 Å². The van der Waals surface area contributed by atoms with Crippen LogP contribution in [0.3, 0.4) is 0 Å². The van der Waals surface area contributed by atoms with Crippen molar-refractivity contribution < 1.29 is 4.39 Å². The third-order valence-corrected chi connectivity index (χ3v) is 7.79. The van der Waals surface area contributed by atoms with E-state index in [4.69, 9.17) is 25.3 Å². The number of rotatable bonds is 3. The lowest BCUT2D eigenvalue weighted by atomic mass is 9.77. The Bertz CT molecular complexity index is 861. The fourth-order valence-electron chi connectivity index (χ4n) is 4.30. The van der Waals surface area contributed by atoms with Crippen molar-refractivity contribution in [1.29, 1.82) is 0 Å². The van der Waals surface area contributed by atoms with Crippen molar-refractivity contribution >= 4 is 50.3 Å². The second-order valence-electron chi connectivity index (χ2n) is 7.16. The summed E-state index contributed by atoms with van der Waals surface area (Å²) >= 11 is 11.5. The molecule has 138 valence electrons. The highest BCUT2D eigenvalue weighted by molar-refractivity contribution is 7.99. The van der Waals surface area contributed by atoms with Crippen LogP contribution in [-0.2, 0) is 12.8 Å². The Balaban J connectivity index is 2.40. The predicted molar refractivity (Wildman–Crippen MR) is 123 cm³/mol. The number of benzene rings is 2. The number of thiol groups is 2. The van der Waals surface area contributed by atoms with Crippen LogP contribution in [0.4, 0.5) is 4.39 Å². The molecule has 2 aromatic carbocycles. The van der Waals surface area contributed by atoms with E-state index < -0.39 is 0 Å². The minimum atomic E-state index is -0.0924. The summed E-state index contributed by atoms with van der Waals surface area (Å²) in [7, 11) is 2.15. The smallest absolute Gasteiger partial charge is 0.141 e. The van der Waals surface area contributed by atoms with Crippen LogP contribution in [0.2, 0.25) is 0 Å². The molecule has 0 spiro atoms. The molecule has 0 nitrogen and oxygen atoms in total. The monoisotopic (exact) mass is 404 g/mol. The molecule has 0 saturated carbocycles. The Morgan fingerprint density at radius 1 is 1.23 bits per heavy atom. The maximum atomic E-state index is 14.7. The molecule has 5 heteroatoms. The van der Waals surface area contributed by atoms with E-state index in [0.717, 1.165) is 34.6 Å². The van der Waals surface area contributed by atoms with Gasteiger partial charge in [0.1, 0.15) is 13.7 Å². The number of fused-ring (bicyclic) bond motifs is 3. The van der Waals surface area contributed by atoms with Crippen molar-refractivity contribution in [3.8, 4) is 0 Å². The van der Waals surface area contributed by atoms with E-state index in [-0.39, 0.29) is 16.3 Å². The van der Waals surface area contributed by atoms with Crippen LogP contribution in [0.15, 0.2) is 17.0 Å². The molecule has 1 aliphatic rings. The molecule has 1 aliphatic carbocycles. The molecular formula is C21H26BFS3. The average Bonchev–Trinajstić information content (AvgIpc) is 2.59.